The normalized spacial score (nSPS) is 29.6. The number of hydrogen-bond donors (Lipinski definition) is 1. The summed E-state index contributed by atoms with van der Waals surface area (Å²) in [5.74, 6) is 0.940. The molecule has 19 heavy (non-hydrogen) atoms. The summed E-state index contributed by atoms with van der Waals surface area (Å²) >= 11 is 0. The van der Waals surface area contributed by atoms with Crippen molar-refractivity contribution in [3.63, 3.8) is 0 Å². The molecule has 102 valence electrons. The summed E-state index contributed by atoms with van der Waals surface area (Å²) in [7, 11) is 0. The van der Waals surface area contributed by atoms with Gasteiger partial charge in [0.2, 0.25) is 5.91 Å². The maximum atomic E-state index is 12.8. The third-order valence-corrected chi connectivity index (χ3v) is 4.53. The second kappa shape index (κ2) is 4.93. The van der Waals surface area contributed by atoms with Gasteiger partial charge in [-0.2, -0.15) is 0 Å². The van der Waals surface area contributed by atoms with E-state index in [1.165, 1.54) is 12.1 Å². The van der Waals surface area contributed by atoms with Gasteiger partial charge in [-0.15, -0.1) is 0 Å². The van der Waals surface area contributed by atoms with Crippen molar-refractivity contribution in [3.8, 4) is 0 Å². The molecule has 0 unspecified atom stereocenters. The zero-order valence-corrected chi connectivity index (χ0v) is 10.9. The quantitative estimate of drug-likeness (QED) is 0.879. The fraction of sp³-hybridized carbons (Fsp3) is 0.533. The predicted molar refractivity (Wildman–Crippen MR) is 70.9 cm³/mol. The van der Waals surface area contributed by atoms with Crippen LogP contribution in [0.15, 0.2) is 24.3 Å². The highest BCUT2D eigenvalue weighted by Crippen LogP contribution is 2.37. The van der Waals surface area contributed by atoms with E-state index in [-0.39, 0.29) is 17.8 Å². The first-order chi connectivity index (χ1) is 9.13. The molecule has 1 aromatic rings. The lowest BCUT2D eigenvalue weighted by atomic mass is 9.98. The van der Waals surface area contributed by atoms with E-state index in [4.69, 9.17) is 5.73 Å². The number of amides is 1. The molecule has 2 aliphatic rings. The number of nitrogens with zero attached hydrogens (tertiary/aromatic N) is 1. The Morgan fingerprint density at radius 2 is 2.00 bits per heavy atom. The maximum Gasteiger partial charge on any atom is 0.227 e. The molecule has 2 fully saturated rings. The molecule has 0 spiro atoms. The van der Waals surface area contributed by atoms with E-state index in [1.807, 2.05) is 4.90 Å². The molecule has 3 nitrogen and oxygen atoms in total. The van der Waals surface area contributed by atoms with E-state index in [1.54, 1.807) is 12.1 Å². The molecule has 0 bridgehead atoms. The Labute approximate surface area is 112 Å². The molecule has 1 aliphatic carbocycles. The van der Waals surface area contributed by atoms with E-state index in [0.29, 0.717) is 18.3 Å². The second-order valence-electron chi connectivity index (χ2n) is 5.77. The minimum atomic E-state index is -0.266. The Kier molecular flexibility index (Phi) is 3.27. The minimum Gasteiger partial charge on any atom is -0.342 e. The molecule has 2 N–H and O–H groups in total. The largest absolute Gasteiger partial charge is 0.342 e. The first kappa shape index (κ1) is 12.6. The third-order valence-electron chi connectivity index (χ3n) is 4.53. The summed E-state index contributed by atoms with van der Waals surface area (Å²) in [5.41, 5.74) is 6.94. The van der Waals surface area contributed by atoms with Gasteiger partial charge in [0.1, 0.15) is 5.82 Å². The van der Waals surface area contributed by atoms with E-state index in [2.05, 4.69) is 0 Å². The molecule has 1 aromatic carbocycles. The summed E-state index contributed by atoms with van der Waals surface area (Å²) in [5, 5.41) is 0. The van der Waals surface area contributed by atoms with Gasteiger partial charge in [0, 0.05) is 19.1 Å². The van der Waals surface area contributed by atoms with Crippen LogP contribution in [0.1, 0.15) is 18.4 Å². The van der Waals surface area contributed by atoms with E-state index in [0.717, 1.165) is 31.5 Å². The smallest absolute Gasteiger partial charge is 0.227 e. The molecule has 1 aliphatic heterocycles. The first-order valence-electron chi connectivity index (χ1n) is 6.91. The van der Waals surface area contributed by atoms with Crippen LogP contribution in [0.2, 0.25) is 0 Å². The van der Waals surface area contributed by atoms with Crippen LogP contribution in [0.4, 0.5) is 4.39 Å². The SMILES string of the molecule is N[C@@H]1CC[C@@H]2CN(C(=O)Cc3ccc(F)cc3)C[C@H]21. The second-order valence-corrected chi connectivity index (χ2v) is 5.77. The number of likely N-dealkylation sites (tertiary alicyclic amines) is 1. The van der Waals surface area contributed by atoms with Crippen LogP contribution in [0.5, 0.6) is 0 Å². The average Bonchev–Trinajstić information content (AvgIpc) is 2.95. The van der Waals surface area contributed by atoms with Gasteiger partial charge < -0.3 is 10.6 Å². The van der Waals surface area contributed by atoms with Crippen molar-refractivity contribution in [2.45, 2.75) is 25.3 Å². The Morgan fingerprint density at radius 1 is 1.26 bits per heavy atom. The fourth-order valence-corrected chi connectivity index (χ4v) is 3.40. The van der Waals surface area contributed by atoms with Crippen LogP contribution >= 0.6 is 0 Å². The molecule has 4 heteroatoms. The number of rotatable bonds is 2. The van der Waals surface area contributed by atoms with Crippen LogP contribution in [0.25, 0.3) is 0 Å². The standard InChI is InChI=1S/C15H19FN2O/c16-12-4-1-10(2-5-12)7-15(19)18-8-11-3-6-14(17)13(11)9-18/h1-2,4-5,11,13-14H,3,6-9,17H2/t11-,13-,14-/m1/s1. The van der Waals surface area contributed by atoms with Crippen LogP contribution in [-0.2, 0) is 11.2 Å². The topological polar surface area (TPSA) is 46.3 Å². The van der Waals surface area contributed by atoms with Gasteiger partial charge in [0.25, 0.3) is 0 Å². The molecule has 1 saturated heterocycles. The van der Waals surface area contributed by atoms with E-state index in [9.17, 15) is 9.18 Å². The van der Waals surface area contributed by atoms with Crippen molar-refractivity contribution < 1.29 is 9.18 Å². The average molecular weight is 262 g/mol. The lowest BCUT2D eigenvalue weighted by Gasteiger charge is -2.18. The Morgan fingerprint density at radius 3 is 2.68 bits per heavy atom. The van der Waals surface area contributed by atoms with Crippen molar-refractivity contribution in [2.24, 2.45) is 17.6 Å². The zero-order valence-electron chi connectivity index (χ0n) is 10.9. The van der Waals surface area contributed by atoms with Crippen molar-refractivity contribution in [3.05, 3.63) is 35.6 Å². The third kappa shape index (κ3) is 2.50. The van der Waals surface area contributed by atoms with Gasteiger partial charge in [-0.25, -0.2) is 4.39 Å². The van der Waals surface area contributed by atoms with E-state index >= 15 is 0 Å². The van der Waals surface area contributed by atoms with Crippen LogP contribution in [0, 0.1) is 17.7 Å². The molecule has 0 radical (unpaired) electrons. The number of carbonyl (C=O) groups is 1. The maximum absolute atomic E-state index is 12.8. The molecule has 0 aromatic heterocycles. The van der Waals surface area contributed by atoms with Crippen LogP contribution < -0.4 is 5.73 Å². The van der Waals surface area contributed by atoms with Gasteiger partial charge in [-0.1, -0.05) is 12.1 Å². The number of carbonyl (C=O) groups excluding carboxylic acids is 1. The molecule has 1 saturated carbocycles. The van der Waals surface area contributed by atoms with Crippen molar-refractivity contribution in [1.82, 2.24) is 4.90 Å². The summed E-state index contributed by atoms with van der Waals surface area (Å²) in [6, 6.07) is 6.41. The van der Waals surface area contributed by atoms with Gasteiger partial charge in [-0.05, 0) is 42.4 Å². The molecular weight excluding hydrogens is 243 g/mol. The molecule has 3 rings (SSSR count). The number of fused-ring (bicyclic) bond motifs is 1. The van der Waals surface area contributed by atoms with Crippen LogP contribution in [0.3, 0.4) is 0 Å². The lowest BCUT2D eigenvalue weighted by molar-refractivity contribution is -0.129. The fourth-order valence-electron chi connectivity index (χ4n) is 3.40. The molecular formula is C15H19FN2O. The number of halogens is 1. The molecule has 1 heterocycles. The highest BCUT2D eigenvalue weighted by Gasteiger charge is 2.42. The zero-order chi connectivity index (χ0) is 13.4. The molecule has 3 atom stereocenters. The Balaban J connectivity index is 1.61. The Hall–Kier alpha value is -1.42. The summed E-state index contributed by atoms with van der Waals surface area (Å²) in [4.78, 5) is 14.2. The molecule has 1 amide bonds. The van der Waals surface area contributed by atoms with Crippen molar-refractivity contribution in [2.75, 3.05) is 13.1 Å². The van der Waals surface area contributed by atoms with Gasteiger partial charge in [0.05, 0.1) is 6.42 Å². The van der Waals surface area contributed by atoms with Gasteiger partial charge in [-0.3, -0.25) is 4.79 Å². The lowest BCUT2D eigenvalue weighted by Crippen LogP contribution is -2.34. The number of nitrogens with two attached hydrogens (primary N) is 1. The van der Waals surface area contributed by atoms with E-state index < -0.39 is 0 Å². The van der Waals surface area contributed by atoms with Gasteiger partial charge in [0.15, 0.2) is 0 Å². The summed E-state index contributed by atoms with van der Waals surface area (Å²) in [6.45, 7) is 1.64. The summed E-state index contributed by atoms with van der Waals surface area (Å²) < 4.78 is 12.8. The highest BCUT2D eigenvalue weighted by molar-refractivity contribution is 5.79. The summed E-state index contributed by atoms with van der Waals surface area (Å²) in [6.07, 6.45) is 2.59. The monoisotopic (exact) mass is 262 g/mol. The first-order valence-corrected chi connectivity index (χ1v) is 6.91. The highest BCUT2D eigenvalue weighted by atomic mass is 19.1. The Bertz CT molecular complexity index is 474. The number of benzene rings is 1. The van der Waals surface area contributed by atoms with Crippen LogP contribution in [-0.4, -0.2) is 29.9 Å². The van der Waals surface area contributed by atoms with Crippen molar-refractivity contribution >= 4 is 5.91 Å². The number of hydrogen-bond acceptors (Lipinski definition) is 2. The van der Waals surface area contributed by atoms with Gasteiger partial charge >= 0.3 is 0 Å². The predicted octanol–water partition coefficient (Wildman–Crippen LogP) is 1.56. The van der Waals surface area contributed by atoms with Crippen molar-refractivity contribution in [1.29, 1.82) is 0 Å². The minimum absolute atomic E-state index is 0.133.